The molecule has 2 aliphatic heterocycles. The van der Waals surface area contributed by atoms with Crippen molar-refractivity contribution in [3.05, 3.63) is 53.1 Å². The number of carbonyl (C=O) groups excluding carboxylic acids is 1. The number of benzene rings is 2. The maximum absolute atomic E-state index is 13.2. The van der Waals surface area contributed by atoms with Gasteiger partial charge in [0.2, 0.25) is 15.9 Å². The van der Waals surface area contributed by atoms with Gasteiger partial charge in [0.25, 0.3) is 0 Å². The van der Waals surface area contributed by atoms with Crippen LogP contribution in [0.2, 0.25) is 0 Å². The first-order valence-electron chi connectivity index (χ1n) is 11.5. The van der Waals surface area contributed by atoms with Crippen LogP contribution >= 0.6 is 0 Å². The highest BCUT2D eigenvalue weighted by Gasteiger charge is 2.34. The standard InChI is InChI=1S/C25H32N2O5S/c1-4-26(17-20-6-7-22-23(16-20)32-14-13-31-22)25(28)21-9-11-27(12-10-21)33(29,30)24-8-5-18(2)15-19(24)3/h5-8,15-16,21H,4,9-14,17H2,1-3H3. The summed E-state index contributed by atoms with van der Waals surface area (Å²) >= 11 is 0. The molecule has 0 aliphatic carbocycles. The monoisotopic (exact) mass is 472 g/mol. The first kappa shape index (κ1) is 23.6. The van der Waals surface area contributed by atoms with Crippen molar-refractivity contribution >= 4 is 15.9 Å². The molecule has 33 heavy (non-hydrogen) atoms. The highest BCUT2D eigenvalue weighted by atomic mass is 32.2. The third-order valence-electron chi connectivity index (χ3n) is 6.42. The number of nitrogens with zero attached hydrogens (tertiary/aromatic N) is 2. The number of amides is 1. The summed E-state index contributed by atoms with van der Waals surface area (Å²) < 4.78 is 39.1. The van der Waals surface area contributed by atoms with Crippen LogP contribution in [0.1, 0.15) is 36.5 Å². The van der Waals surface area contributed by atoms with Crippen LogP contribution in [0.4, 0.5) is 0 Å². The predicted molar refractivity (Wildman–Crippen MR) is 126 cm³/mol. The van der Waals surface area contributed by atoms with E-state index in [-0.39, 0.29) is 11.8 Å². The lowest BCUT2D eigenvalue weighted by Crippen LogP contribution is -2.44. The molecule has 178 valence electrons. The summed E-state index contributed by atoms with van der Waals surface area (Å²) in [5.74, 6) is 1.35. The molecule has 0 atom stereocenters. The molecule has 0 aromatic heterocycles. The summed E-state index contributed by atoms with van der Waals surface area (Å²) in [5.41, 5.74) is 2.78. The van der Waals surface area contributed by atoms with Crippen LogP contribution in [0.15, 0.2) is 41.3 Å². The fourth-order valence-electron chi connectivity index (χ4n) is 4.58. The van der Waals surface area contributed by atoms with Gasteiger partial charge in [0.15, 0.2) is 11.5 Å². The number of hydrogen-bond donors (Lipinski definition) is 0. The van der Waals surface area contributed by atoms with E-state index in [1.54, 1.807) is 6.07 Å². The van der Waals surface area contributed by atoms with E-state index in [1.165, 1.54) is 4.31 Å². The average Bonchev–Trinajstić information content (AvgIpc) is 2.82. The second-order valence-corrected chi connectivity index (χ2v) is 10.7. The molecule has 0 radical (unpaired) electrons. The number of hydrogen-bond acceptors (Lipinski definition) is 5. The molecule has 0 N–H and O–H groups in total. The molecular weight excluding hydrogens is 440 g/mol. The van der Waals surface area contributed by atoms with Crippen molar-refractivity contribution in [1.82, 2.24) is 9.21 Å². The first-order valence-corrected chi connectivity index (χ1v) is 13.0. The minimum atomic E-state index is -3.56. The van der Waals surface area contributed by atoms with Gasteiger partial charge in [0.05, 0.1) is 4.90 Å². The highest BCUT2D eigenvalue weighted by molar-refractivity contribution is 7.89. The van der Waals surface area contributed by atoms with Gasteiger partial charge in [-0.25, -0.2) is 8.42 Å². The van der Waals surface area contributed by atoms with Crippen molar-refractivity contribution in [1.29, 1.82) is 0 Å². The minimum Gasteiger partial charge on any atom is -0.486 e. The van der Waals surface area contributed by atoms with Gasteiger partial charge in [-0.1, -0.05) is 23.8 Å². The molecule has 2 aliphatic rings. The lowest BCUT2D eigenvalue weighted by Gasteiger charge is -2.33. The first-order chi connectivity index (χ1) is 15.8. The molecule has 7 nitrogen and oxygen atoms in total. The maximum atomic E-state index is 13.2. The molecule has 2 heterocycles. The van der Waals surface area contributed by atoms with Crippen LogP contribution in [-0.2, 0) is 21.4 Å². The summed E-state index contributed by atoms with van der Waals surface area (Å²) in [5, 5.41) is 0. The topological polar surface area (TPSA) is 76.2 Å². The molecule has 4 rings (SSSR count). The number of aryl methyl sites for hydroxylation is 2. The Labute approximate surface area is 196 Å². The maximum Gasteiger partial charge on any atom is 0.243 e. The molecule has 0 saturated carbocycles. The zero-order chi connectivity index (χ0) is 23.6. The molecular formula is C25H32N2O5S. The third kappa shape index (κ3) is 5.01. The summed E-state index contributed by atoms with van der Waals surface area (Å²) in [4.78, 5) is 15.4. The van der Waals surface area contributed by atoms with E-state index in [4.69, 9.17) is 9.47 Å². The molecule has 0 bridgehead atoms. The Bertz CT molecular complexity index is 1120. The SMILES string of the molecule is CCN(Cc1ccc2c(c1)OCCO2)C(=O)C1CCN(S(=O)(=O)c2ccc(C)cc2C)CC1. The Morgan fingerprint density at radius 1 is 1.03 bits per heavy atom. The van der Waals surface area contributed by atoms with E-state index in [2.05, 4.69) is 0 Å². The predicted octanol–water partition coefficient (Wildman–Crippen LogP) is 3.52. The zero-order valence-electron chi connectivity index (χ0n) is 19.5. The molecule has 1 fully saturated rings. The molecule has 0 unspecified atom stereocenters. The van der Waals surface area contributed by atoms with Crippen LogP contribution in [0.3, 0.4) is 0 Å². The molecule has 2 aromatic carbocycles. The van der Waals surface area contributed by atoms with Gasteiger partial charge in [-0.3, -0.25) is 4.79 Å². The summed E-state index contributed by atoms with van der Waals surface area (Å²) in [6, 6.07) is 11.2. The van der Waals surface area contributed by atoms with Crippen LogP contribution < -0.4 is 9.47 Å². The quantitative estimate of drug-likeness (QED) is 0.643. The van der Waals surface area contributed by atoms with Gasteiger partial charge in [-0.05, 0) is 62.9 Å². The van der Waals surface area contributed by atoms with Gasteiger partial charge in [-0.15, -0.1) is 0 Å². The van der Waals surface area contributed by atoms with E-state index in [0.29, 0.717) is 62.9 Å². The van der Waals surface area contributed by atoms with Crippen molar-refractivity contribution in [2.75, 3.05) is 32.8 Å². The Balaban J connectivity index is 1.39. The summed E-state index contributed by atoms with van der Waals surface area (Å²) in [7, 11) is -3.56. The highest BCUT2D eigenvalue weighted by Crippen LogP contribution is 2.32. The molecule has 1 saturated heterocycles. The lowest BCUT2D eigenvalue weighted by atomic mass is 9.96. The number of carbonyl (C=O) groups is 1. The molecule has 8 heteroatoms. The van der Waals surface area contributed by atoms with E-state index >= 15 is 0 Å². The van der Waals surface area contributed by atoms with Crippen LogP contribution in [0, 0.1) is 19.8 Å². The van der Waals surface area contributed by atoms with Gasteiger partial charge < -0.3 is 14.4 Å². The van der Waals surface area contributed by atoms with Gasteiger partial charge >= 0.3 is 0 Å². The fourth-order valence-corrected chi connectivity index (χ4v) is 6.26. The largest absolute Gasteiger partial charge is 0.486 e. The van der Waals surface area contributed by atoms with Crippen molar-refractivity contribution in [2.45, 2.75) is 45.1 Å². The average molecular weight is 473 g/mol. The second kappa shape index (κ2) is 9.73. The fraction of sp³-hybridized carbons (Fsp3) is 0.480. The van der Waals surface area contributed by atoms with Crippen molar-refractivity contribution in [3.8, 4) is 11.5 Å². The normalized spacial score (nSPS) is 17.1. The smallest absolute Gasteiger partial charge is 0.243 e. The van der Waals surface area contributed by atoms with Gasteiger partial charge in [0, 0.05) is 32.1 Å². The number of fused-ring (bicyclic) bond motifs is 1. The Kier molecular flexibility index (Phi) is 6.95. The third-order valence-corrected chi connectivity index (χ3v) is 8.48. The van der Waals surface area contributed by atoms with E-state index < -0.39 is 10.0 Å². The second-order valence-electron chi connectivity index (χ2n) is 8.78. The Morgan fingerprint density at radius 3 is 2.39 bits per heavy atom. The number of rotatable bonds is 6. The molecule has 2 aromatic rings. The zero-order valence-corrected chi connectivity index (χ0v) is 20.4. The molecule has 1 amide bonds. The summed E-state index contributed by atoms with van der Waals surface area (Å²) in [6.45, 7) is 8.61. The van der Waals surface area contributed by atoms with Gasteiger partial charge in [-0.2, -0.15) is 4.31 Å². The summed E-state index contributed by atoms with van der Waals surface area (Å²) in [6.07, 6.45) is 1.06. The van der Waals surface area contributed by atoms with Crippen molar-refractivity contribution in [3.63, 3.8) is 0 Å². The van der Waals surface area contributed by atoms with Gasteiger partial charge in [0.1, 0.15) is 13.2 Å². The molecule has 0 spiro atoms. The van der Waals surface area contributed by atoms with Crippen molar-refractivity contribution in [2.24, 2.45) is 5.92 Å². The van der Waals surface area contributed by atoms with Crippen molar-refractivity contribution < 1.29 is 22.7 Å². The Hall–Kier alpha value is -2.58. The number of ether oxygens (including phenoxy) is 2. The van der Waals surface area contributed by atoms with Crippen LogP contribution in [0.5, 0.6) is 11.5 Å². The Morgan fingerprint density at radius 2 is 1.73 bits per heavy atom. The minimum absolute atomic E-state index is 0.0796. The number of piperidine rings is 1. The number of sulfonamides is 1. The van der Waals surface area contributed by atoms with E-state index in [9.17, 15) is 13.2 Å². The van der Waals surface area contributed by atoms with Crippen LogP contribution in [-0.4, -0.2) is 56.4 Å². The van der Waals surface area contributed by atoms with E-state index in [0.717, 1.165) is 22.4 Å². The lowest BCUT2D eigenvalue weighted by molar-refractivity contribution is -0.137. The van der Waals surface area contributed by atoms with E-state index in [1.807, 2.05) is 56.0 Å². The van der Waals surface area contributed by atoms with Crippen LogP contribution in [0.25, 0.3) is 0 Å².